The van der Waals surface area contributed by atoms with Crippen LogP contribution >= 0.6 is 0 Å². The van der Waals surface area contributed by atoms with E-state index in [0.29, 0.717) is 31.6 Å². The van der Waals surface area contributed by atoms with Gasteiger partial charge in [0.05, 0.1) is 6.07 Å². The molecule has 1 N–H and O–H groups in total. The zero-order chi connectivity index (χ0) is 23.8. The molecule has 0 spiro atoms. The van der Waals surface area contributed by atoms with E-state index < -0.39 is 17.4 Å². The summed E-state index contributed by atoms with van der Waals surface area (Å²) in [6, 6.07) is 6.83. The predicted molar refractivity (Wildman–Crippen MR) is 118 cm³/mol. The van der Waals surface area contributed by atoms with Crippen LogP contribution in [0.4, 0.5) is 0 Å². The number of carbonyl (C=O) groups is 4. The number of fused-ring (bicyclic) bond motifs is 1. The molecule has 4 amide bonds. The number of carbonyl (C=O) groups excluding carboxylic acids is 4. The van der Waals surface area contributed by atoms with Gasteiger partial charge in [-0.05, 0) is 50.8 Å². The molecule has 1 unspecified atom stereocenters. The second kappa shape index (κ2) is 8.71. The Kier molecular flexibility index (Phi) is 5.95. The van der Waals surface area contributed by atoms with Crippen LogP contribution in [0, 0.1) is 34.5 Å². The van der Waals surface area contributed by atoms with Gasteiger partial charge in [-0.2, -0.15) is 5.26 Å². The molecular weight excluding hydrogens is 420 g/mol. The molecule has 0 aromatic heterocycles. The average Bonchev–Trinajstić information content (AvgIpc) is 3.14. The van der Waals surface area contributed by atoms with Gasteiger partial charge in [-0.25, -0.2) is 0 Å². The number of imide groups is 1. The third kappa shape index (κ3) is 4.34. The zero-order valence-corrected chi connectivity index (χ0v) is 18.8. The van der Waals surface area contributed by atoms with Crippen LogP contribution in [0.1, 0.15) is 61.0 Å². The van der Waals surface area contributed by atoms with E-state index in [1.807, 2.05) is 6.07 Å². The van der Waals surface area contributed by atoms with Crippen molar-refractivity contribution in [2.75, 3.05) is 13.1 Å². The van der Waals surface area contributed by atoms with Crippen LogP contribution in [0.2, 0.25) is 0 Å². The van der Waals surface area contributed by atoms with Gasteiger partial charge in [0.1, 0.15) is 11.5 Å². The molecule has 2 fully saturated rings. The van der Waals surface area contributed by atoms with E-state index in [1.54, 1.807) is 30.9 Å². The molecule has 1 aromatic carbocycles. The molecule has 3 aliphatic heterocycles. The fourth-order valence-electron chi connectivity index (χ4n) is 4.55. The van der Waals surface area contributed by atoms with Gasteiger partial charge in [-0.15, -0.1) is 0 Å². The second-order valence-electron chi connectivity index (χ2n) is 9.30. The molecule has 1 atom stereocenters. The van der Waals surface area contributed by atoms with E-state index in [9.17, 15) is 24.4 Å². The molecule has 0 bridgehead atoms. The molecule has 4 rings (SSSR count). The molecule has 3 aliphatic rings. The third-order valence-corrected chi connectivity index (χ3v) is 6.59. The molecular formula is C25H26N4O4. The van der Waals surface area contributed by atoms with Crippen LogP contribution in [0.5, 0.6) is 0 Å². The van der Waals surface area contributed by atoms with Crippen LogP contribution in [-0.4, -0.2) is 52.6 Å². The number of likely N-dealkylation sites (tertiary alicyclic amines) is 1. The number of amides is 4. The molecule has 1 aromatic rings. The minimum atomic E-state index is -1.02. The number of rotatable bonds is 2. The van der Waals surface area contributed by atoms with Crippen molar-refractivity contribution < 1.29 is 19.2 Å². The lowest BCUT2D eigenvalue weighted by molar-refractivity contribution is -0.139. The lowest BCUT2D eigenvalue weighted by atomic mass is 9.90. The standard InChI is InChI=1S/C25H26N4O4/c1-25(2,15-26)24(33)28-12-10-16(11-13-28)6-7-17-4-3-5-18-19(17)14-29(23(18)32)20-8-9-21(30)27-22(20)31/h3-5,16,20H,8-14H2,1-2H3,(H,27,30,31). The minimum absolute atomic E-state index is 0.124. The summed E-state index contributed by atoms with van der Waals surface area (Å²) in [5.74, 6) is 5.54. The van der Waals surface area contributed by atoms with Gasteiger partial charge < -0.3 is 9.80 Å². The number of nitrogens with one attached hydrogen (secondary N) is 1. The van der Waals surface area contributed by atoms with Crippen molar-refractivity contribution in [2.45, 2.75) is 52.1 Å². The van der Waals surface area contributed by atoms with Crippen molar-refractivity contribution in [3.63, 3.8) is 0 Å². The second-order valence-corrected chi connectivity index (χ2v) is 9.30. The van der Waals surface area contributed by atoms with Crippen molar-refractivity contribution in [3.05, 3.63) is 34.9 Å². The van der Waals surface area contributed by atoms with Crippen molar-refractivity contribution in [1.82, 2.24) is 15.1 Å². The summed E-state index contributed by atoms with van der Waals surface area (Å²) in [4.78, 5) is 52.4. The first-order valence-electron chi connectivity index (χ1n) is 11.2. The van der Waals surface area contributed by atoms with E-state index in [4.69, 9.17) is 0 Å². The molecule has 170 valence electrons. The Morgan fingerprint density at radius 2 is 1.88 bits per heavy atom. The Labute approximate surface area is 192 Å². The van der Waals surface area contributed by atoms with E-state index in [2.05, 4.69) is 23.2 Å². The smallest absolute Gasteiger partial charge is 0.255 e. The number of benzene rings is 1. The first-order valence-corrected chi connectivity index (χ1v) is 11.2. The maximum absolute atomic E-state index is 12.9. The lowest BCUT2D eigenvalue weighted by Gasteiger charge is -2.33. The summed E-state index contributed by atoms with van der Waals surface area (Å²) in [6.07, 6.45) is 2.01. The van der Waals surface area contributed by atoms with Crippen LogP contribution < -0.4 is 5.32 Å². The Balaban J connectivity index is 1.45. The fourth-order valence-corrected chi connectivity index (χ4v) is 4.55. The highest BCUT2D eigenvalue weighted by molar-refractivity contribution is 6.05. The Morgan fingerprint density at radius 3 is 2.55 bits per heavy atom. The monoisotopic (exact) mass is 446 g/mol. The van der Waals surface area contributed by atoms with Gasteiger partial charge in [-0.3, -0.25) is 24.5 Å². The van der Waals surface area contributed by atoms with Crippen molar-refractivity contribution in [3.8, 4) is 17.9 Å². The molecule has 0 saturated carbocycles. The predicted octanol–water partition coefficient (Wildman–Crippen LogP) is 1.59. The van der Waals surface area contributed by atoms with Crippen LogP contribution in [0.3, 0.4) is 0 Å². The van der Waals surface area contributed by atoms with E-state index >= 15 is 0 Å². The normalized spacial score (nSPS) is 21.1. The number of hydrogen-bond donors (Lipinski definition) is 1. The first kappa shape index (κ1) is 22.5. The summed E-state index contributed by atoms with van der Waals surface area (Å²) < 4.78 is 0. The van der Waals surface area contributed by atoms with Gasteiger partial charge >= 0.3 is 0 Å². The zero-order valence-electron chi connectivity index (χ0n) is 18.8. The van der Waals surface area contributed by atoms with Gasteiger partial charge in [0, 0.05) is 43.1 Å². The number of hydrogen-bond acceptors (Lipinski definition) is 5. The average molecular weight is 447 g/mol. The van der Waals surface area contributed by atoms with Crippen LogP contribution in [0.25, 0.3) is 0 Å². The van der Waals surface area contributed by atoms with Crippen molar-refractivity contribution in [2.24, 2.45) is 11.3 Å². The topological polar surface area (TPSA) is 111 Å². The lowest BCUT2D eigenvalue weighted by Crippen LogP contribution is -2.52. The Morgan fingerprint density at radius 1 is 1.15 bits per heavy atom. The molecule has 8 heteroatoms. The molecule has 0 aliphatic carbocycles. The largest absolute Gasteiger partial charge is 0.341 e. The number of piperidine rings is 2. The fraction of sp³-hybridized carbons (Fsp3) is 0.480. The first-order chi connectivity index (χ1) is 15.7. The van der Waals surface area contributed by atoms with Gasteiger partial charge in [0.25, 0.3) is 5.91 Å². The highest BCUT2D eigenvalue weighted by atomic mass is 16.2. The Hall–Kier alpha value is -3.65. The number of nitriles is 1. The quantitative estimate of drug-likeness (QED) is 0.548. The van der Waals surface area contributed by atoms with Crippen molar-refractivity contribution in [1.29, 1.82) is 5.26 Å². The molecule has 33 heavy (non-hydrogen) atoms. The van der Waals surface area contributed by atoms with Gasteiger partial charge in [0.15, 0.2) is 0 Å². The molecule has 8 nitrogen and oxygen atoms in total. The highest BCUT2D eigenvalue weighted by Crippen LogP contribution is 2.30. The maximum atomic E-state index is 12.9. The summed E-state index contributed by atoms with van der Waals surface area (Å²) in [5.41, 5.74) is 1.10. The third-order valence-electron chi connectivity index (χ3n) is 6.59. The number of nitrogens with zero attached hydrogens (tertiary/aromatic N) is 3. The summed E-state index contributed by atoms with van der Waals surface area (Å²) in [7, 11) is 0. The highest BCUT2D eigenvalue weighted by Gasteiger charge is 2.39. The van der Waals surface area contributed by atoms with E-state index in [0.717, 1.165) is 24.0 Å². The van der Waals surface area contributed by atoms with Crippen LogP contribution in [-0.2, 0) is 20.9 Å². The van der Waals surface area contributed by atoms with E-state index in [1.165, 1.54) is 4.90 Å². The van der Waals surface area contributed by atoms with Crippen LogP contribution in [0.15, 0.2) is 18.2 Å². The minimum Gasteiger partial charge on any atom is -0.341 e. The Bertz CT molecular complexity index is 1130. The van der Waals surface area contributed by atoms with Gasteiger partial charge in [-0.1, -0.05) is 17.9 Å². The molecule has 3 heterocycles. The SMILES string of the molecule is CC(C)(C#N)C(=O)N1CCC(C#Cc2cccc3c2CN(C2CCC(=O)NC2=O)C3=O)CC1. The summed E-state index contributed by atoms with van der Waals surface area (Å²) in [5, 5.41) is 11.5. The molecule has 2 saturated heterocycles. The van der Waals surface area contributed by atoms with Crippen molar-refractivity contribution >= 4 is 23.6 Å². The van der Waals surface area contributed by atoms with E-state index in [-0.39, 0.29) is 30.1 Å². The van der Waals surface area contributed by atoms with Gasteiger partial charge in [0.2, 0.25) is 17.7 Å². The summed E-state index contributed by atoms with van der Waals surface area (Å²) >= 11 is 0. The summed E-state index contributed by atoms with van der Waals surface area (Å²) in [6.45, 7) is 4.70. The molecule has 0 radical (unpaired) electrons. The maximum Gasteiger partial charge on any atom is 0.255 e.